The molecule has 5 rings (SSSR count). The normalized spacial score (nSPS) is 25.0. The highest BCUT2D eigenvalue weighted by Gasteiger charge is 2.38. The molecule has 0 aromatic heterocycles. The van der Waals surface area contributed by atoms with E-state index in [-0.39, 0.29) is 0 Å². The van der Waals surface area contributed by atoms with E-state index < -0.39 is 0 Å². The van der Waals surface area contributed by atoms with Crippen LogP contribution in [0.3, 0.4) is 0 Å². The van der Waals surface area contributed by atoms with Gasteiger partial charge in [-0.2, -0.15) is 0 Å². The summed E-state index contributed by atoms with van der Waals surface area (Å²) in [5.74, 6) is 1.15. The van der Waals surface area contributed by atoms with Gasteiger partial charge in [0.15, 0.2) is 0 Å². The van der Waals surface area contributed by atoms with Gasteiger partial charge in [-0.05, 0) is 40.3 Å². The van der Waals surface area contributed by atoms with Crippen LogP contribution in [-0.2, 0) is 0 Å². The van der Waals surface area contributed by atoms with E-state index in [1.165, 1.54) is 27.6 Å². The lowest BCUT2D eigenvalue weighted by molar-refractivity contribution is 0.427. The Balaban J connectivity index is 1.69. The fourth-order valence-electron chi connectivity index (χ4n) is 4.37. The summed E-state index contributed by atoms with van der Waals surface area (Å²) in [7, 11) is 0. The fourth-order valence-corrected chi connectivity index (χ4v) is 4.37. The predicted molar refractivity (Wildman–Crippen MR) is 96.7 cm³/mol. The molecule has 1 nitrogen and oxygen atoms in total. The van der Waals surface area contributed by atoms with Gasteiger partial charge in [-0.25, -0.2) is 0 Å². The Labute approximate surface area is 136 Å². The second-order valence-electron chi connectivity index (χ2n) is 6.63. The lowest BCUT2D eigenvalue weighted by atomic mass is 9.76. The van der Waals surface area contributed by atoms with E-state index in [9.17, 15) is 0 Å². The quantitative estimate of drug-likeness (QED) is 0.571. The molecule has 1 aliphatic carbocycles. The van der Waals surface area contributed by atoms with Gasteiger partial charge in [-0.1, -0.05) is 72.8 Å². The number of hydrogen-bond donors (Lipinski definition) is 1. The standard InChI is InChI=1S/C22H19N/c1-2-9-16-15(7-1)8-5-12-19(16)22-20-13-6-11-17(20)18-10-3-4-14-21(18)23-22/h1-12,14,17,20,22-23H,13H2/t17-,20-,22-/m0/s1. The Morgan fingerprint density at radius 3 is 2.57 bits per heavy atom. The van der Waals surface area contributed by atoms with Crippen molar-refractivity contribution in [2.75, 3.05) is 5.32 Å². The summed E-state index contributed by atoms with van der Waals surface area (Å²) in [5.41, 5.74) is 4.16. The summed E-state index contributed by atoms with van der Waals surface area (Å²) < 4.78 is 0. The van der Waals surface area contributed by atoms with Crippen molar-refractivity contribution in [3.8, 4) is 0 Å². The summed E-state index contributed by atoms with van der Waals surface area (Å²) in [6.07, 6.45) is 5.92. The molecular formula is C22H19N. The van der Waals surface area contributed by atoms with Gasteiger partial charge >= 0.3 is 0 Å². The Bertz CT molecular complexity index is 903. The van der Waals surface area contributed by atoms with Gasteiger partial charge in [0.25, 0.3) is 0 Å². The highest BCUT2D eigenvalue weighted by Crippen LogP contribution is 2.50. The van der Waals surface area contributed by atoms with E-state index in [1.54, 1.807) is 0 Å². The first-order valence-electron chi connectivity index (χ1n) is 8.41. The van der Waals surface area contributed by atoms with Crippen molar-refractivity contribution in [3.63, 3.8) is 0 Å². The Morgan fingerprint density at radius 2 is 1.57 bits per heavy atom. The minimum absolute atomic E-state index is 0.371. The van der Waals surface area contributed by atoms with E-state index in [4.69, 9.17) is 0 Å². The van der Waals surface area contributed by atoms with Crippen LogP contribution in [0.2, 0.25) is 0 Å². The minimum atomic E-state index is 0.371. The monoisotopic (exact) mass is 297 g/mol. The molecule has 0 saturated heterocycles. The summed E-state index contributed by atoms with van der Waals surface area (Å²) in [5, 5.41) is 6.54. The molecule has 2 aliphatic rings. The molecule has 3 aromatic carbocycles. The smallest absolute Gasteiger partial charge is 0.0560 e. The van der Waals surface area contributed by atoms with Crippen LogP contribution in [0.25, 0.3) is 10.8 Å². The lowest BCUT2D eigenvalue weighted by Crippen LogP contribution is -2.29. The van der Waals surface area contributed by atoms with Crippen molar-refractivity contribution in [2.24, 2.45) is 5.92 Å². The predicted octanol–water partition coefficient (Wildman–Crippen LogP) is 5.67. The van der Waals surface area contributed by atoms with Crippen LogP contribution in [0.15, 0.2) is 78.9 Å². The van der Waals surface area contributed by atoms with Crippen LogP contribution in [0.1, 0.15) is 29.5 Å². The molecule has 1 heterocycles. The highest BCUT2D eigenvalue weighted by molar-refractivity contribution is 5.86. The first-order chi connectivity index (χ1) is 11.4. The molecule has 112 valence electrons. The third kappa shape index (κ3) is 1.93. The number of hydrogen-bond acceptors (Lipinski definition) is 1. The molecule has 1 heteroatoms. The zero-order chi connectivity index (χ0) is 15.2. The first kappa shape index (κ1) is 13.0. The van der Waals surface area contributed by atoms with E-state index in [0.29, 0.717) is 17.9 Å². The molecule has 0 fully saturated rings. The molecule has 1 N–H and O–H groups in total. The van der Waals surface area contributed by atoms with Crippen molar-refractivity contribution in [1.29, 1.82) is 0 Å². The third-order valence-electron chi connectivity index (χ3n) is 5.43. The van der Waals surface area contributed by atoms with Crippen LogP contribution >= 0.6 is 0 Å². The second kappa shape index (κ2) is 4.99. The van der Waals surface area contributed by atoms with Gasteiger partial charge in [-0.3, -0.25) is 0 Å². The molecule has 0 spiro atoms. The van der Waals surface area contributed by atoms with Gasteiger partial charge in [0, 0.05) is 11.6 Å². The molecule has 3 aromatic rings. The second-order valence-corrected chi connectivity index (χ2v) is 6.63. The number of allylic oxidation sites excluding steroid dienone is 2. The Hall–Kier alpha value is -2.54. The highest BCUT2D eigenvalue weighted by atomic mass is 15.0. The van der Waals surface area contributed by atoms with Crippen molar-refractivity contribution < 1.29 is 0 Å². The summed E-state index contributed by atoms with van der Waals surface area (Å²) in [6, 6.07) is 24.6. The molecule has 0 radical (unpaired) electrons. The topological polar surface area (TPSA) is 12.0 Å². The van der Waals surface area contributed by atoms with E-state index >= 15 is 0 Å². The largest absolute Gasteiger partial charge is 0.378 e. The number of para-hydroxylation sites is 1. The Morgan fingerprint density at radius 1 is 0.783 bits per heavy atom. The summed E-state index contributed by atoms with van der Waals surface area (Å²) in [4.78, 5) is 0. The van der Waals surface area contributed by atoms with E-state index in [1.807, 2.05) is 0 Å². The van der Waals surface area contributed by atoms with E-state index in [2.05, 4.69) is 84.2 Å². The molecule has 0 bridgehead atoms. The molecular weight excluding hydrogens is 278 g/mol. The third-order valence-corrected chi connectivity index (χ3v) is 5.43. The SMILES string of the molecule is C1=C[C@H]2c3ccccc3N[C@@H](c3cccc4ccccc34)[C@H]2C1. The maximum Gasteiger partial charge on any atom is 0.0560 e. The number of nitrogens with one attached hydrogen (secondary N) is 1. The van der Waals surface area contributed by atoms with Crippen molar-refractivity contribution >= 4 is 16.5 Å². The molecule has 1 aliphatic heterocycles. The first-order valence-corrected chi connectivity index (χ1v) is 8.41. The molecule has 0 amide bonds. The van der Waals surface area contributed by atoms with Gasteiger partial charge in [0.05, 0.1) is 6.04 Å². The molecule has 3 atom stereocenters. The van der Waals surface area contributed by atoms with Crippen LogP contribution in [-0.4, -0.2) is 0 Å². The number of fused-ring (bicyclic) bond motifs is 4. The zero-order valence-electron chi connectivity index (χ0n) is 12.9. The number of anilines is 1. The van der Waals surface area contributed by atoms with Gasteiger partial charge in [-0.15, -0.1) is 0 Å². The fraction of sp³-hybridized carbons (Fsp3) is 0.182. The van der Waals surface area contributed by atoms with Crippen molar-refractivity contribution in [3.05, 3.63) is 90.0 Å². The average Bonchev–Trinajstić information content (AvgIpc) is 3.11. The summed E-state index contributed by atoms with van der Waals surface area (Å²) in [6.45, 7) is 0. The van der Waals surface area contributed by atoms with Crippen LogP contribution in [0.5, 0.6) is 0 Å². The lowest BCUT2D eigenvalue weighted by Gasteiger charge is -2.38. The molecule has 0 saturated carbocycles. The van der Waals surface area contributed by atoms with Crippen LogP contribution in [0, 0.1) is 5.92 Å². The molecule has 0 unspecified atom stereocenters. The van der Waals surface area contributed by atoms with Gasteiger partial charge < -0.3 is 5.32 Å². The average molecular weight is 297 g/mol. The van der Waals surface area contributed by atoms with Gasteiger partial charge in [0.2, 0.25) is 0 Å². The Kier molecular flexibility index (Phi) is 2.81. The van der Waals surface area contributed by atoms with E-state index in [0.717, 1.165) is 6.42 Å². The van der Waals surface area contributed by atoms with Crippen LogP contribution < -0.4 is 5.32 Å². The van der Waals surface area contributed by atoms with Crippen LogP contribution in [0.4, 0.5) is 5.69 Å². The van der Waals surface area contributed by atoms with Crippen molar-refractivity contribution in [2.45, 2.75) is 18.4 Å². The maximum absolute atomic E-state index is 3.84. The maximum atomic E-state index is 3.84. The van der Waals surface area contributed by atoms with Crippen molar-refractivity contribution in [1.82, 2.24) is 0 Å². The summed E-state index contributed by atoms with van der Waals surface area (Å²) >= 11 is 0. The zero-order valence-corrected chi connectivity index (χ0v) is 12.9. The number of benzene rings is 3. The number of rotatable bonds is 1. The van der Waals surface area contributed by atoms with Gasteiger partial charge in [0.1, 0.15) is 0 Å². The minimum Gasteiger partial charge on any atom is -0.378 e. The molecule has 23 heavy (non-hydrogen) atoms.